The monoisotopic (exact) mass is 389 g/mol. The first-order valence-corrected chi connectivity index (χ1v) is 8.90. The molecule has 0 radical (unpaired) electrons. The zero-order valence-corrected chi connectivity index (χ0v) is 14.9. The van der Waals surface area contributed by atoms with E-state index in [9.17, 15) is 4.39 Å². The lowest BCUT2D eigenvalue weighted by atomic mass is 10.00. The van der Waals surface area contributed by atoms with Gasteiger partial charge >= 0.3 is 0 Å². The fourth-order valence-corrected chi connectivity index (χ4v) is 3.88. The Bertz CT molecular complexity index is 922. The molecule has 0 fully saturated rings. The lowest BCUT2D eigenvalue weighted by molar-refractivity contribution is 0.356. The quantitative estimate of drug-likeness (QED) is 0.678. The summed E-state index contributed by atoms with van der Waals surface area (Å²) in [5, 5.41) is 0. The number of ether oxygens (including phenoxy) is 1. The summed E-state index contributed by atoms with van der Waals surface area (Å²) in [5.74, 6) is 1.54. The standard InChI is InChI=1S/C18H17BrFN3O/c1-2-15-18-13(19)9-21-17(23(18)10-22-15)6-3-11-12-7-8-24-16(12)5-4-14(11)20/h4-5,9-10H,2-3,6-8H2,1H3. The second-order valence-corrected chi connectivity index (χ2v) is 6.74. The normalized spacial score (nSPS) is 13.3. The Balaban J connectivity index is 1.68. The van der Waals surface area contributed by atoms with Gasteiger partial charge in [-0.3, -0.25) is 4.40 Å². The number of nitrogens with zero attached hydrogens (tertiary/aromatic N) is 3. The summed E-state index contributed by atoms with van der Waals surface area (Å²) in [7, 11) is 0. The highest BCUT2D eigenvalue weighted by molar-refractivity contribution is 9.10. The van der Waals surface area contributed by atoms with Gasteiger partial charge in [0, 0.05) is 24.6 Å². The van der Waals surface area contributed by atoms with Crippen molar-refractivity contribution in [2.24, 2.45) is 0 Å². The molecule has 0 spiro atoms. The number of imidazole rings is 1. The van der Waals surface area contributed by atoms with Crippen LogP contribution in [0.1, 0.15) is 29.6 Å². The van der Waals surface area contributed by atoms with Crippen LogP contribution in [0, 0.1) is 5.82 Å². The Hall–Kier alpha value is -1.95. The van der Waals surface area contributed by atoms with Crippen molar-refractivity contribution in [2.75, 3.05) is 6.61 Å². The van der Waals surface area contributed by atoms with Crippen LogP contribution in [0.25, 0.3) is 5.52 Å². The van der Waals surface area contributed by atoms with Crippen LogP contribution in [-0.4, -0.2) is 21.0 Å². The molecule has 3 aromatic rings. The fourth-order valence-electron chi connectivity index (χ4n) is 3.35. The number of aromatic nitrogens is 3. The predicted molar refractivity (Wildman–Crippen MR) is 93.1 cm³/mol. The molecule has 0 saturated carbocycles. The first-order chi connectivity index (χ1) is 11.7. The minimum absolute atomic E-state index is 0.160. The maximum absolute atomic E-state index is 14.3. The average molecular weight is 390 g/mol. The summed E-state index contributed by atoms with van der Waals surface area (Å²) in [6, 6.07) is 3.22. The van der Waals surface area contributed by atoms with E-state index in [0.717, 1.165) is 51.2 Å². The molecule has 4 nitrogen and oxygen atoms in total. The molecule has 6 heteroatoms. The number of aryl methyl sites for hydroxylation is 2. The minimum Gasteiger partial charge on any atom is -0.493 e. The second kappa shape index (κ2) is 6.16. The minimum atomic E-state index is -0.160. The highest BCUT2D eigenvalue weighted by Gasteiger charge is 2.20. The van der Waals surface area contributed by atoms with Crippen molar-refractivity contribution in [1.82, 2.24) is 14.4 Å². The van der Waals surface area contributed by atoms with Gasteiger partial charge in [-0.25, -0.2) is 14.4 Å². The number of hydrogen-bond donors (Lipinski definition) is 0. The Morgan fingerprint density at radius 2 is 2.17 bits per heavy atom. The molecule has 0 amide bonds. The van der Waals surface area contributed by atoms with Crippen LogP contribution < -0.4 is 4.74 Å². The van der Waals surface area contributed by atoms with Crippen molar-refractivity contribution in [3.05, 3.63) is 57.6 Å². The van der Waals surface area contributed by atoms with E-state index in [0.29, 0.717) is 19.4 Å². The molecule has 1 aromatic carbocycles. The van der Waals surface area contributed by atoms with Crippen molar-refractivity contribution in [3.63, 3.8) is 0 Å². The summed E-state index contributed by atoms with van der Waals surface area (Å²) in [5.41, 5.74) is 3.83. The van der Waals surface area contributed by atoms with E-state index < -0.39 is 0 Å². The van der Waals surface area contributed by atoms with Crippen LogP contribution in [0.15, 0.2) is 29.1 Å². The zero-order valence-electron chi connectivity index (χ0n) is 13.4. The lowest BCUT2D eigenvalue weighted by Gasteiger charge is -2.10. The number of fused-ring (bicyclic) bond motifs is 2. The van der Waals surface area contributed by atoms with Gasteiger partial charge in [-0.1, -0.05) is 6.92 Å². The third kappa shape index (κ3) is 2.49. The van der Waals surface area contributed by atoms with Gasteiger partial charge in [0.25, 0.3) is 0 Å². The summed E-state index contributed by atoms with van der Waals surface area (Å²) in [6.07, 6.45) is 6.49. The second-order valence-electron chi connectivity index (χ2n) is 5.89. The molecule has 1 aliphatic rings. The van der Waals surface area contributed by atoms with Gasteiger partial charge < -0.3 is 4.74 Å². The molecule has 0 bridgehead atoms. The van der Waals surface area contributed by atoms with E-state index in [-0.39, 0.29) is 5.82 Å². The molecule has 4 rings (SSSR count). The molecule has 0 aliphatic carbocycles. The lowest BCUT2D eigenvalue weighted by Crippen LogP contribution is -2.05. The third-order valence-electron chi connectivity index (χ3n) is 4.55. The molecular formula is C18H17BrFN3O. The first-order valence-electron chi connectivity index (χ1n) is 8.11. The van der Waals surface area contributed by atoms with E-state index >= 15 is 0 Å². The van der Waals surface area contributed by atoms with Gasteiger partial charge in [0.15, 0.2) is 0 Å². The topological polar surface area (TPSA) is 39.4 Å². The van der Waals surface area contributed by atoms with E-state index in [4.69, 9.17) is 4.74 Å². The highest BCUT2D eigenvalue weighted by Crippen LogP contribution is 2.31. The predicted octanol–water partition coefficient (Wildman–Crippen LogP) is 3.91. The van der Waals surface area contributed by atoms with Gasteiger partial charge in [-0.05, 0) is 46.5 Å². The number of rotatable bonds is 4. The molecule has 0 saturated heterocycles. The van der Waals surface area contributed by atoms with Gasteiger partial charge in [0.2, 0.25) is 0 Å². The molecule has 0 atom stereocenters. The van der Waals surface area contributed by atoms with Crippen molar-refractivity contribution >= 4 is 21.4 Å². The number of benzene rings is 1. The smallest absolute Gasteiger partial charge is 0.126 e. The Morgan fingerprint density at radius 3 is 3.00 bits per heavy atom. The van der Waals surface area contributed by atoms with Crippen LogP contribution >= 0.6 is 15.9 Å². The average Bonchev–Trinajstić information content (AvgIpc) is 3.22. The summed E-state index contributed by atoms with van der Waals surface area (Å²) < 4.78 is 22.8. The van der Waals surface area contributed by atoms with Crippen molar-refractivity contribution in [1.29, 1.82) is 0 Å². The maximum atomic E-state index is 14.3. The Morgan fingerprint density at radius 1 is 1.29 bits per heavy atom. The van der Waals surface area contributed by atoms with Gasteiger partial charge in [0.1, 0.15) is 23.7 Å². The van der Waals surface area contributed by atoms with E-state index in [1.54, 1.807) is 18.6 Å². The Labute approximate surface area is 147 Å². The molecule has 2 aromatic heterocycles. The molecule has 0 unspecified atom stereocenters. The molecule has 1 aliphatic heterocycles. The van der Waals surface area contributed by atoms with Crippen LogP contribution in [0.2, 0.25) is 0 Å². The summed E-state index contributed by atoms with van der Waals surface area (Å²) >= 11 is 3.55. The number of halogens is 2. The van der Waals surface area contributed by atoms with Crippen LogP contribution in [0.4, 0.5) is 4.39 Å². The number of hydrogen-bond acceptors (Lipinski definition) is 3. The third-order valence-corrected chi connectivity index (χ3v) is 5.13. The van der Waals surface area contributed by atoms with Gasteiger partial charge in [-0.2, -0.15) is 0 Å². The van der Waals surface area contributed by atoms with Gasteiger partial charge in [-0.15, -0.1) is 0 Å². The van der Waals surface area contributed by atoms with Gasteiger partial charge in [0.05, 0.1) is 22.3 Å². The highest BCUT2D eigenvalue weighted by atomic mass is 79.9. The maximum Gasteiger partial charge on any atom is 0.126 e. The van der Waals surface area contributed by atoms with E-state index in [1.807, 2.05) is 4.40 Å². The van der Waals surface area contributed by atoms with Crippen LogP contribution in [-0.2, 0) is 25.7 Å². The van der Waals surface area contributed by atoms with E-state index in [1.165, 1.54) is 6.07 Å². The Kier molecular flexibility index (Phi) is 4.00. The van der Waals surface area contributed by atoms with E-state index in [2.05, 4.69) is 32.8 Å². The van der Waals surface area contributed by atoms with Crippen LogP contribution in [0.3, 0.4) is 0 Å². The summed E-state index contributed by atoms with van der Waals surface area (Å²) in [6.45, 7) is 2.71. The van der Waals surface area contributed by atoms with Crippen LogP contribution in [0.5, 0.6) is 5.75 Å². The zero-order chi connectivity index (χ0) is 16.7. The first kappa shape index (κ1) is 15.6. The molecule has 124 valence electrons. The largest absolute Gasteiger partial charge is 0.493 e. The molecule has 3 heterocycles. The summed E-state index contributed by atoms with van der Waals surface area (Å²) in [4.78, 5) is 8.98. The molecule has 24 heavy (non-hydrogen) atoms. The fraction of sp³-hybridized carbons (Fsp3) is 0.333. The van der Waals surface area contributed by atoms with Crippen molar-refractivity contribution < 1.29 is 9.13 Å². The molecule has 0 N–H and O–H groups in total. The SMILES string of the molecule is CCc1ncn2c(CCc3c(F)ccc4c3CCO4)ncc(Br)c12. The van der Waals surface area contributed by atoms with Crippen molar-refractivity contribution in [2.45, 2.75) is 32.6 Å². The molecular weight excluding hydrogens is 373 g/mol. The van der Waals surface area contributed by atoms with Crippen molar-refractivity contribution in [3.8, 4) is 5.75 Å².